The number of halogens is 1. The van der Waals surface area contributed by atoms with Gasteiger partial charge in [0.05, 0.1) is 12.6 Å². The number of aryl methyl sites for hydroxylation is 1. The van der Waals surface area contributed by atoms with Crippen LogP contribution in [-0.4, -0.2) is 4.98 Å². The van der Waals surface area contributed by atoms with E-state index in [1.54, 1.807) is 12.1 Å². The molecule has 0 fully saturated rings. The van der Waals surface area contributed by atoms with Crippen molar-refractivity contribution in [3.05, 3.63) is 53.1 Å². The molecule has 2 aromatic carbocycles. The summed E-state index contributed by atoms with van der Waals surface area (Å²) in [5.41, 5.74) is 2.89. The molecule has 3 rings (SSSR count). The van der Waals surface area contributed by atoms with Gasteiger partial charge in [-0.3, -0.25) is 5.32 Å². The van der Waals surface area contributed by atoms with E-state index in [0.29, 0.717) is 10.6 Å². The van der Waals surface area contributed by atoms with Crippen molar-refractivity contribution in [2.45, 2.75) is 32.9 Å². The summed E-state index contributed by atoms with van der Waals surface area (Å²) in [6.45, 7) is 5.02. The first-order valence-corrected chi connectivity index (χ1v) is 8.21. The third kappa shape index (κ3) is 3.13. The minimum absolute atomic E-state index is 0.00690. The summed E-state index contributed by atoms with van der Waals surface area (Å²) in [6.07, 6.45) is 1.03. The van der Waals surface area contributed by atoms with E-state index in [-0.39, 0.29) is 11.8 Å². The summed E-state index contributed by atoms with van der Waals surface area (Å²) < 4.78 is 2.21. The number of rotatable bonds is 5. The molecular weight excluding hydrogens is 310 g/mol. The molecule has 1 aromatic heterocycles. The SMILES string of the molecule is CCC[n+]1c(NC(C)c2cc(Cl)ccc2[O-])[nH]c2ccccc21. The molecule has 1 unspecified atom stereocenters. The summed E-state index contributed by atoms with van der Waals surface area (Å²) in [7, 11) is 0. The number of H-pyrrole nitrogens is 1. The highest BCUT2D eigenvalue weighted by atomic mass is 35.5. The molecule has 3 aromatic rings. The Bertz CT molecular complexity index is 828. The molecule has 0 aliphatic rings. The molecule has 120 valence electrons. The van der Waals surface area contributed by atoms with E-state index in [0.717, 1.165) is 29.9 Å². The van der Waals surface area contributed by atoms with Gasteiger partial charge in [-0.2, -0.15) is 0 Å². The summed E-state index contributed by atoms with van der Waals surface area (Å²) in [6, 6.07) is 12.9. The molecule has 0 aliphatic carbocycles. The quantitative estimate of drug-likeness (QED) is 0.700. The van der Waals surface area contributed by atoms with Crippen LogP contribution in [0.3, 0.4) is 0 Å². The molecule has 5 heteroatoms. The molecule has 0 saturated carbocycles. The average molecular weight is 330 g/mol. The monoisotopic (exact) mass is 329 g/mol. The highest BCUT2D eigenvalue weighted by Gasteiger charge is 2.19. The summed E-state index contributed by atoms with van der Waals surface area (Å²) in [5.74, 6) is 0.896. The largest absolute Gasteiger partial charge is 0.872 e. The zero-order valence-electron chi connectivity index (χ0n) is 13.3. The first kappa shape index (κ1) is 15.7. The summed E-state index contributed by atoms with van der Waals surface area (Å²) >= 11 is 6.03. The third-order valence-corrected chi connectivity index (χ3v) is 4.19. The lowest BCUT2D eigenvalue weighted by Gasteiger charge is -2.18. The van der Waals surface area contributed by atoms with Crippen LogP contribution in [0.15, 0.2) is 42.5 Å². The number of anilines is 1. The molecule has 1 atom stereocenters. The van der Waals surface area contributed by atoms with Crippen LogP contribution in [0, 0.1) is 0 Å². The van der Waals surface area contributed by atoms with Crippen LogP contribution < -0.4 is 15.0 Å². The van der Waals surface area contributed by atoms with Crippen molar-refractivity contribution in [3.63, 3.8) is 0 Å². The first-order valence-electron chi connectivity index (χ1n) is 7.83. The van der Waals surface area contributed by atoms with Crippen molar-refractivity contribution in [1.29, 1.82) is 0 Å². The van der Waals surface area contributed by atoms with Crippen molar-refractivity contribution in [2.75, 3.05) is 5.32 Å². The highest BCUT2D eigenvalue weighted by Crippen LogP contribution is 2.27. The van der Waals surface area contributed by atoms with E-state index >= 15 is 0 Å². The number of aromatic nitrogens is 2. The molecule has 4 nitrogen and oxygen atoms in total. The topological polar surface area (TPSA) is 54.8 Å². The minimum atomic E-state index is -0.141. The molecular formula is C18H20ClN3O. The van der Waals surface area contributed by atoms with E-state index in [1.165, 1.54) is 6.07 Å². The molecule has 1 heterocycles. The van der Waals surface area contributed by atoms with Crippen molar-refractivity contribution < 1.29 is 9.67 Å². The lowest BCUT2D eigenvalue weighted by molar-refractivity contribution is -0.657. The summed E-state index contributed by atoms with van der Waals surface area (Å²) in [5, 5.41) is 16.1. The van der Waals surface area contributed by atoms with Crippen LogP contribution in [0.2, 0.25) is 5.02 Å². The number of nitrogens with zero attached hydrogens (tertiary/aromatic N) is 1. The Kier molecular flexibility index (Phi) is 4.44. The standard InChI is InChI=1S/C18H20ClN3O/c1-3-10-22-16-7-5-4-6-15(16)21-18(22)20-12(2)14-11-13(19)8-9-17(14)23/h4-9,11-12H,3,10H2,1-2H3,(H2,20,21,23). The maximum Gasteiger partial charge on any atom is 0.356 e. The minimum Gasteiger partial charge on any atom is -0.872 e. The normalized spacial score (nSPS) is 12.5. The van der Waals surface area contributed by atoms with Gasteiger partial charge in [0.25, 0.3) is 0 Å². The Morgan fingerprint density at radius 1 is 1.26 bits per heavy atom. The van der Waals surface area contributed by atoms with Gasteiger partial charge in [0.1, 0.15) is 11.0 Å². The van der Waals surface area contributed by atoms with Crippen molar-refractivity contribution in [1.82, 2.24) is 4.98 Å². The predicted octanol–water partition coefficient (Wildman–Crippen LogP) is 3.77. The van der Waals surface area contributed by atoms with Gasteiger partial charge < -0.3 is 5.11 Å². The highest BCUT2D eigenvalue weighted by molar-refractivity contribution is 6.30. The second-order valence-corrected chi connectivity index (χ2v) is 6.13. The van der Waals surface area contributed by atoms with Crippen molar-refractivity contribution in [2.24, 2.45) is 0 Å². The lowest BCUT2D eigenvalue weighted by atomic mass is 10.1. The number of imidazole rings is 1. The van der Waals surface area contributed by atoms with Gasteiger partial charge in [-0.05, 0) is 43.2 Å². The number of hydrogen-bond donors (Lipinski definition) is 2. The zero-order chi connectivity index (χ0) is 16.4. The molecule has 0 aliphatic heterocycles. The van der Waals surface area contributed by atoms with Crippen LogP contribution in [0.5, 0.6) is 5.75 Å². The third-order valence-electron chi connectivity index (χ3n) is 3.96. The number of fused-ring (bicyclic) bond motifs is 1. The smallest absolute Gasteiger partial charge is 0.356 e. The van der Waals surface area contributed by atoms with Gasteiger partial charge in [0.15, 0.2) is 0 Å². The molecule has 0 radical (unpaired) electrons. The van der Waals surface area contributed by atoms with Gasteiger partial charge in [-0.1, -0.05) is 36.7 Å². The van der Waals surface area contributed by atoms with Crippen LogP contribution >= 0.6 is 11.6 Å². The van der Waals surface area contributed by atoms with E-state index < -0.39 is 0 Å². The van der Waals surface area contributed by atoms with Gasteiger partial charge in [0, 0.05) is 5.02 Å². The van der Waals surface area contributed by atoms with E-state index in [9.17, 15) is 5.11 Å². The van der Waals surface area contributed by atoms with Gasteiger partial charge in [-0.15, -0.1) is 5.75 Å². The Balaban J connectivity index is 1.97. The molecule has 2 N–H and O–H groups in total. The average Bonchev–Trinajstić information content (AvgIpc) is 2.88. The second-order valence-electron chi connectivity index (χ2n) is 5.69. The van der Waals surface area contributed by atoms with Gasteiger partial charge in [0.2, 0.25) is 0 Å². The van der Waals surface area contributed by atoms with Gasteiger partial charge >= 0.3 is 5.95 Å². The van der Waals surface area contributed by atoms with Crippen LogP contribution in [0.4, 0.5) is 5.95 Å². The first-order chi connectivity index (χ1) is 11.1. The Morgan fingerprint density at radius 2 is 2.04 bits per heavy atom. The fourth-order valence-electron chi connectivity index (χ4n) is 2.84. The molecule has 0 spiro atoms. The van der Waals surface area contributed by atoms with Crippen molar-refractivity contribution in [3.8, 4) is 5.75 Å². The molecule has 0 amide bonds. The molecule has 0 bridgehead atoms. The predicted molar refractivity (Wildman–Crippen MR) is 91.7 cm³/mol. The van der Waals surface area contributed by atoms with E-state index in [2.05, 4.69) is 33.9 Å². The maximum atomic E-state index is 12.1. The molecule has 23 heavy (non-hydrogen) atoms. The lowest BCUT2D eigenvalue weighted by Crippen LogP contribution is -2.36. The zero-order valence-corrected chi connectivity index (χ0v) is 14.0. The van der Waals surface area contributed by atoms with Crippen molar-refractivity contribution >= 4 is 28.6 Å². The second kappa shape index (κ2) is 6.50. The maximum absolute atomic E-state index is 12.1. The van der Waals surface area contributed by atoms with E-state index in [4.69, 9.17) is 11.6 Å². The fraction of sp³-hybridized carbons (Fsp3) is 0.278. The Labute approximate surface area is 140 Å². The number of benzene rings is 2. The fourth-order valence-corrected chi connectivity index (χ4v) is 3.02. The van der Waals surface area contributed by atoms with Crippen LogP contribution in [0.25, 0.3) is 11.0 Å². The molecule has 0 saturated heterocycles. The van der Waals surface area contributed by atoms with Gasteiger partial charge in [-0.25, -0.2) is 9.55 Å². The number of aromatic amines is 1. The Hall–Kier alpha value is -2.20. The van der Waals surface area contributed by atoms with Crippen LogP contribution in [-0.2, 0) is 6.54 Å². The van der Waals surface area contributed by atoms with E-state index in [1.807, 2.05) is 19.1 Å². The number of para-hydroxylation sites is 2. The van der Waals surface area contributed by atoms with Crippen LogP contribution in [0.1, 0.15) is 31.9 Å². The number of nitrogens with one attached hydrogen (secondary N) is 2. The Morgan fingerprint density at radius 3 is 2.83 bits per heavy atom. The summed E-state index contributed by atoms with van der Waals surface area (Å²) in [4.78, 5) is 3.40. The number of hydrogen-bond acceptors (Lipinski definition) is 2.